The summed E-state index contributed by atoms with van der Waals surface area (Å²) in [6.45, 7) is 0.477. The molecule has 0 fully saturated rings. The van der Waals surface area contributed by atoms with Gasteiger partial charge >= 0.3 is 0 Å². The van der Waals surface area contributed by atoms with Crippen molar-refractivity contribution >= 4 is 37.3 Å². The molecule has 8 heteroatoms. The van der Waals surface area contributed by atoms with Crippen LogP contribution in [0.2, 0.25) is 0 Å². The summed E-state index contributed by atoms with van der Waals surface area (Å²) < 4.78 is 41.4. The van der Waals surface area contributed by atoms with Crippen molar-refractivity contribution < 1.29 is 12.8 Å². The van der Waals surface area contributed by atoms with Gasteiger partial charge in [-0.1, -0.05) is 0 Å². The molecule has 0 spiro atoms. The number of rotatable bonds is 6. The van der Waals surface area contributed by atoms with Crippen LogP contribution in [0, 0.1) is 5.82 Å². The molecule has 114 valence electrons. The number of halogens is 2. The molecule has 1 aromatic carbocycles. The Labute approximate surface area is 135 Å². The van der Waals surface area contributed by atoms with Crippen molar-refractivity contribution in [2.75, 3.05) is 7.05 Å². The highest BCUT2D eigenvalue weighted by molar-refractivity contribution is 9.10. The minimum Gasteiger partial charge on any atom is -0.316 e. The third-order valence-electron chi connectivity index (χ3n) is 2.75. The minimum atomic E-state index is -3.66. The van der Waals surface area contributed by atoms with Crippen LogP contribution in [-0.2, 0) is 23.1 Å². The van der Waals surface area contributed by atoms with Crippen LogP contribution in [0.4, 0.5) is 4.39 Å². The molecule has 21 heavy (non-hydrogen) atoms. The van der Waals surface area contributed by atoms with Gasteiger partial charge in [-0.05, 0) is 47.2 Å². The van der Waals surface area contributed by atoms with Gasteiger partial charge in [0.2, 0.25) is 10.0 Å². The van der Waals surface area contributed by atoms with Gasteiger partial charge in [0.15, 0.2) is 0 Å². The predicted molar refractivity (Wildman–Crippen MR) is 85.2 cm³/mol. The predicted octanol–water partition coefficient (Wildman–Crippen LogP) is 2.85. The van der Waals surface area contributed by atoms with Gasteiger partial charge in [-0.25, -0.2) is 17.5 Å². The Hall–Kier alpha value is -0.800. The van der Waals surface area contributed by atoms with Crippen LogP contribution >= 0.6 is 27.3 Å². The zero-order chi connectivity index (χ0) is 15.5. The molecule has 1 heterocycles. The van der Waals surface area contributed by atoms with Crippen molar-refractivity contribution in [2.45, 2.75) is 18.0 Å². The molecule has 2 N–H and O–H groups in total. The third-order valence-corrected chi connectivity index (χ3v) is 5.85. The van der Waals surface area contributed by atoms with Gasteiger partial charge in [0.1, 0.15) is 5.82 Å². The molecular formula is C13H14BrFN2O2S2. The maximum Gasteiger partial charge on any atom is 0.240 e. The van der Waals surface area contributed by atoms with Crippen molar-refractivity contribution in [2.24, 2.45) is 0 Å². The molecule has 0 amide bonds. The second-order valence-corrected chi connectivity index (χ2v) is 8.02. The molecule has 0 aliphatic heterocycles. The summed E-state index contributed by atoms with van der Waals surface area (Å²) in [7, 11) is -1.99. The first kappa shape index (κ1) is 16.6. The minimum absolute atomic E-state index is 0.0600. The van der Waals surface area contributed by atoms with E-state index in [0.29, 0.717) is 5.56 Å². The van der Waals surface area contributed by atoms with Crippen LogP contribution < -0.4 is 10.0 Å². The van der Waals surface area contributed by atoms with Gasteiger partial charge < -0.3 is 5.32 Å². The van der Waals surface area contributed by atoms with E-state index in [0.717, 1.165) is 9.35 Å². The highest BCUT2D eigenvalue weighted by atomic mass is 79.9. The largest absolute Gasteiger partial charge is 0.316 e. The number of thiophene rings is 1. The van der Waals surface area contributed by atoms with Crippen LogP contribution in [0.3, 0.4) is 0 Å². The summed E-state index contributed by atoms with van der Waals surface area (Å²) in [6, 6.07) is 5.63. The fraction of sp³-hybridized carbons (Fsp3) is 0.231. The molecule has 0 aliphatic carbocycles. The maximum atomic E-state index is 13.5. The molecule has 0 atom stereocenters. The van der Waals surface area contributed by atoms with E-state index < -0.39 is 15.8 Å². The van der Waals surface area contributed by atoms with Crippen LogP contribution in [0.5, 0.6) is 0 Å². The Balaban J connectivity index is 2.17. The lowest BCUT2D eigenvalue weighted by molar-refractivity contribution is 0.578. The Kier molecular flexibility index (Phi) is 5.50. The molecular weight excluding hydrogens is 379 g/mol. The quantitative estimate of drug-likeness (QED) is 0.794. The Morgan fingerprint density at radius 1 is 1.29 bits per heavy atom. The summed E-state index contributed by atoms with van der Waals surface area (Å²) in [6.07, 6.45) is 0. The number of nitrogens with one attached hydrogen (secondary N) is 2. The SMILES string of the molecule is CNCc1cc(S(=O)(=O)NCc2cc(Br)cs2)ccc1F. The first-order valence-corrected chi connectivity index (χ1v) is 9.23. The molecule has 0 aliphatic rings. The van der Waals surface area contributed by atoms with E-state index in [1.807, 2.05) is 11.4 Å². The Morgan fingerprint density at radius 2 is 2.05 bits per heavy atom. The molecule has 2 rings (SSSR count). The van der Waals surface area contributed by atoms with Crippen LogP contribution in [0.25, 0.3) is 0 Å². The van der Waals surface area contributed by atoms with Crippen LogP contribution in [0.15, 0.2) is 39.0 Å². The molecule has 0 unspecified atom stereocenters. The zero-order valence-electron chi connectivity index (χ0n) is 11.2. The summed E-state index contributed by atoms with van der Waals surface area (Å²) in [5.74, 6) is -0.425. The van der Waals surface area contributed by atoms with Crippen LogP contribution in [0.1, 0.15) is 10.4 Å². The van der Waals surface area contributed by atoms with Gasteiger partial charge in [-0.2, -0.15) is 0 Å². The molecule has 2 aromatic rings. The van der Waals surface area contributed by atoms with E-state index in [1.54, 1.807) is 7.05 Å². The standard InChI is InChI=1S/C13H14BrFN2O2S2/c1-16-6-9-4-12(2-3-13(9)15)21(18,19)17-7-11-5-10(14)8-20-11/h2-5,8,16-17H,6-7H2,1H3. The monoisotopic (exact) mass is 392 g/mol. The van der Waals surface area contributed by atoms with E-state index in [1.165, 1.54) is 29.5 Å². The van der Waals surface area contributed by atoms with Gasteiger partial charge in [0.25, 0.3) is 0 Å². The summed E-state index contributed by atoms with van der Waals surface area (Å²) in [5.41, 5.74) is 0.319. The molecule has 0 saturated heterocycles. The topological polar surface area (TPSA) is 58.2 Å². The van der Waals surface area contributed by atoms with Gasteiger partial charge in [0, 0.05) is 33.4 Å². The van der Waals surface area contributed by atoms with E-state index in [-0.39, 0.29) is 18.0 Å². The number of hydrogen-bond acceptors (Lipinski definition) is 4. The van der Waals surface area contributed by atoms with Crippen molar-refractivity contribution in [1.29, 1.82) is 0 Å². The second-order valence-electron chi connectivity index (χ2n) is 4.34. The lowest BCUT2D eigenvalue weighted by Gasteiger charge is -2.08. The normalized spacial score (nSPS) is 11.8. The zero-order valence-corrected chi connectivity index (χ0v) is 14.4. The highest BCUT2D eigenvalue weighted by Gasteiger charge is 2.16. The molecule has 0 radical (unpaired) electrons. The summed E-state index contributed by atoms with van der Waals surface area (Å²) in [4.78, 5) is 0.952. The second kappa shape index (κ2) is 6.97. The molecule has 0 saturated carbocycles. The van der Waals surface area contributed by atoms with E-state index in [2.05, 4.69) is 26.0 Å². The average molecular weight is 393 g/mol. The van der Waals surface area contributed by atoms with Crippen molar-refractivity contribution in [1.82, 2.24) is 10.0 Å². The fourth-order valence-corrected chi connectivity index (χ4v) is 4.28. The fourth-order valence-electron chi connectivity index (χ4n) is 1.74. The molecule has 4 nitrogen and oxygen atoms in total. The third kappa shape index (κ3) is 4.33. The molecule has 0 bridgehead atoms. The first-order valence-electron chi connectivity index (χ1n) is 6.08. The smallest absolute Gasteiger partial charge is 0.240 e. The van der Waals surface area contributed by atoms with Crippen molar-refractivity contribution in [3.8, 4) is 0 Å². The number of hydrogen-bond donors (Lipinski definition) is 2. The molecule has 1 aromatic heterocycles. The van der Waals surface area contributed by atoms with Crippen molar-refractivity contribution in [3.05, 3.63) is 50.4 Å². The van der Waals surface area contributed by atoms with Crippen molar-refractivity contribution in [3.63, 3.8) is 0 Å². The Bertz CT molecular complexity index is 732. The van der Waals surface area contributed by atoms with E-state index in [4.69, 9.17) is 0 Å². The summed E-state index contributed by atoms with van der Waals surface area (Å²) >= 11 is 4.77. The van der Waals surface area contributed by atoms with Gasteiger partial charge in [-0.15, -0.1) is 11.3 Å². The highest BCUT2D eigenvalue weighted by Crippen LogP contribution is 2.20. The lowest BCUT2D eigenvalue weighted by Crippen LogP contribution is -2.23. The lowest BCUT2D eigenvalue weighted by atomic mass is 10.2. The van der Waals surface area contributed by atoms with Gasteiger partial charge in [-0.3, -0.25) is 0 Å². The average Bonchev–Trinajstić information content (AvgIpc) is 2.85. The summed E-state index contributed by atoms with van der Waals surface area (Å²) in [5, 5.41) is 4.69. The Morgan fingerprint density at radius 3 is 2.67 bits per heavy atom. The number of sulfonamides is 1. The maximum absolute atomic E-state index is 13.5. The number of benzene rings is 1. The van der Waals surface area contributed by atoms with E-state index >= 15 is 0 Å². The first-order chi connectivity index (χ1) is 9.92. The van der Waals surface area contributed by atoms with E-state index in [9.17, 15) is 12.8 Å². The van der Waals surface area contributed by atoms with Gasteiger partial charge in [0.05, 0.1) is 4.90 Å². The van der Waals surface area contributed by atoms with Crippen LogP contribution in [-0.4, -0.2) is 15.5 Å².